The molecule has 1 atom stereocenters. The Morgan fingerprint density at radius 3 is 2.65 bits per heavy atom. The molecule has 0 aliphatic heterocycles. The van der Waals surface area contributed by atoms with Crippen LogP contribution in [0.5, 0.6) is 0 Å². The Labute approximate surface area is 102 Å². The van der Waals surface area contributed by atoms with E-state index in [1.165, 1.54) is 12.8 Å². The number of benzene rings is 1. The summed E-state index contributed by atoms with van der Waals surface area (Å²) in [7, 11) is 0. The lowest BCUT2D eigenvalue weighted by Gasteiger charge is -2.11. The molecule has 1 unspecified atom stereocenters. The molecule has 0 saturated heterocycles. The predicted molar refractivity (Wildman–Crippen MR) is 69.5 cm³/mol. The second-order valence-corrected chi connectivity index (χ2v) is 5.04. The van der Waals surface area contributed by atoms with Crippen molar-refractivity contribution in [2.75, 3.05) is 12.3 Å². The van der Waals surface area contributed by atoms with E-state index >= 15 is 0 Å². The summed E-state index contributed by atoms with van der Waals surface area (Å²) in [5.74, 6) is 1.56. The fraction of sp³-hybridized carbons (Fsp3) is 0.500. The number of hydrogen-bond donors (Lipinski definition) is 2. The smallest absolute Gasteiger partial charge is 0.224 e. The highest BCUT2D eigenvalue weighted by molar-refractivity contribution is 5.78. The average molecular weight is 232 g/mol. The molecule has 92 valence electrons. The number of nitrogens with one attached hydrogen (secondary N) is 1. The van der Waals surface area contributed by atoms with Crippen LogP contribution in [0, 0.1) is 11.8 Å². The van der Waals surface area contributed by atoms with Gasteiger partial charge in [-0.25, -0.2) is 0 Å². The minimum absolute atomic E-state index is 0.0993. The highest BCUT2D eigenvalue weighted by atomic mass is 16.1. The van der Waals surface area contributed by atoms with E-state index in [9.17, 15) is 4.79 Å². The molecule has 1 amide bonds. The Balaban J connectivity index is 1.74. The molecule has 1 aromatic rings. The zero-order valence-corrected chi connectivity index (χ0v) is 10.3. The van der Waals surface area contributed by atoms with Crippen LogP contribution in [0.3, 0.4) is 0 Å². The van der Waals surface area contributed by atoms with Gasteiger partial charge in [-0.2, -0.15) is 0 Å². The molecule has 1 aliphatic rings. The summed E-state index contributed by atoms with van der Waals surface area (Å²) in [5.41, 5.74) is 7.34. The molecular formula is C14H20N2O. The topological polar surface area (TPSA) is 55.1 Å². The van der Waals surface area contributed by atoms with Crippen LogP contribution in [0.15, 0.2) is 24.3 Å². The third kappa shape index (κ3) is 3.77. The van der Waals surface area contributed by atoms with Gasteiger partial charge in [-0.05, 0) is 42.4 Å². The van der Waals surface area contributed by atoms with Crippen LogP contribution in [0.1, 0.15) is 25.3 Å². The van der Waals surface area contributed by atoms with E-state index in [-0.39, 0.29) is 5.91 Å². The predicted octanol–water partition coefficient (Wildman–Crippen LogP) is 1.97. The van der Waals surface area contributed by atoms with Crippen LogP contribution < -0.4 is 11.1 Å². The zero-order valence-electron chi connectivity index (χ0n) is 10.3. The Hall–Kier alpha value is -1.51. The number of carbonyl (C=O) groups excluding carboxylic acids is 1. The Morgan fingerprint density at radius 2 is 2.06 bits per heavy atom. The number of anilines is 1. The van der Waals surface area contributed by atoms with Crippen LogP contribution in [-0.2, 0) is 11.2 Å². The summed E-state index contributed by atoms with van der Waals surface area (Å²) in [4.78, 5) is 11.7. The van der Waals surface area contributed by atoms with Crippen molar-refractivity contribution in [1.29, 1.82) is 0 Å². The molecule has 2 rings (SSSR count). The van der Waals surface area contributed by atoms with E-state index in [4.69, 9.17) is 5.73 Å². The largest absolute Gasteiger partial charge is 0.399 e. The molecular weight excluding hydrogens is 212 g/mol. The highest BCUT2D eigenvalue weighted by Crippen LogP contribution is 2.36. The highest BCUT2D eigenvalue weighted by Gasteiger charge is 2.27. The lowest BCUT2D eigenvalue weighted by atomic mass is 10.1. The van der Waals surface area contributed by atoms with Crippen molar-refractivity contribution in [3.63, 3.8) is 0 Å². The van der Waals surface area contributed by atoms with Crippen molar-refractivity contribution in [2.24, 2.45) is 11.8 Å². The molecule has 1 saturated carbocycles. The van der Waals surface area contributed by atoms with Crippen molar-refractivity contribution < 1.29 is 4.79 Å². The van der Waals surface area contributed by atoms with Gasteiger partial charge >= 0.3 is 0 Å². The zero-order chi connectivity index (χ0) is 12.3. The standard InChI is InChI=1S/C14H20N2O/c1-10(12-4-5-12)9-16-14(17)8-11-2-6-13(15)7-3-11/h2-3,6-7,10,12H,4-5,8-9,15H2,1H3,(H,16,17). The monoisotopic (exact) mass is 232 g/mol. The third-order valence-corrected chi connectivity index (χ3v) is 3.39. The van der Waals surface area contributed by atoms with E-state index in [1.54, 1.807) is 0 Å². The summed E-state index contributed by atoms with van der Waals surface area (Å²) in [5, 5.41) is 3.00. The van der Waals surface area contributed by atoms with Crippen LogP contribution in [0.25, 0.3) is 0 Å². The lowest BCUT2D eigenvalue weighted by molar-refractivity contribution is -0.120. The number of nitrogens with two attached hydrogens (primary N) is 1. The molecule has 0 radical (unpaired) electrons. The minimum atomic E-state index is 0.0993. The molecule has 1 fully saturated rings. The Morgan fingerprint density at radius 1 is 1.41 bits per heavy atom. The SMILES string of the molecule is CC(CNC(=O)Cc1ccc(N)cc1)C1CC1. The molecule has 3 nitrogen and oxygen atoms in total. The maximum absolute atomic E-state index is 11.7. The van der Waals surface area contributed by atoms with Crippen LogP contribution in [0.4, 0.5) is 5.69 Å². The normalized spacial score (nSPS) is 16.5. The summed E-state index contributed by atoms with van der Waals surface area (Å²) in [6, 6.07) is 7.46. The Kier molecular flexibility index (Phi) is 3.67. The maximum Gasteiger partial charge on any atom is 0.224 e. The van der Waals surface area contributed by atoms with Gasteiger partial charge in [0.25, 0.3) is 0 Å². The van der Waals surface area contributed by atoms with Crippen molar-refractivity contribution in [3.05, 3.63) is 29.8 Å². The molecule has 0 heterocycles. The van der Waals surface area contributed by atoms with Crippen LogP contribution >= 0.6 is 0 Å². The van der Waals surface area contributed by atoms with Gasteiger partial charge in [0.05, 0.1) is 6.42 Å². The van der Waals surface area contributed by atoms with Crippen molar-refractivity contribution in [2.45, 2.75) is 26.2 Å². The van der Waals surface area contributed by atoms with Gasteiger partial charge in [-0.1, -0.05) is 19.1 Å². The van der Waals surface area contributed by atoms with E-state index in [0.29, 0.717) is 12.3 Å². The van der Waals surface area contributed by atoms with Gasteiger partial charge in [-0.15, -0.1) is 0 Å². The summed E-state index contributed by atoms with van der Waals surface area (Å²) < 4.78 is 0. The Bertz CT molecular complexity index is 382. The molecule has 1 aliphatic carbocycles. The maximum atomic E-state index is 11.7. The minimum Gasteiger partial charge on any atom is -0.399 e. The van der Waals surface area contributed by atoms with Gasteiger partial charge in [0.15, 0.2) is 0 Å². The average Bonchev–Trinajstić information content (AvgIpc) is 3.13. The third-order valence-electron chi connectivity index (χ3n) is 3.39. The van der Waals surface area contributed by atoms with Crippen molar-refractivity contribution in [3.8, 4) is 0 Å². The van der Waals surface area contributed by atoms with Gasteiger partial charge in [0.2, 0.25) is 5.91 Å². The molecule has 3 N–H and O–H groups in total. The van der Waals surface area contributed by atoms with E-state index in [1.807, 2.05) is 24.3 Å². The van der Waals surface area contributed by atoms with Gasteiger partial charge in [-0.3, -0.25) is 4.79 Å². The first kappa shape index (κ1) is 12.0. The number of carbonyl (C=O) groups is 1. The second kappa shape index (κ2) is 5.21. The first-order valence-electron chi connectivity index (χ1n) is 6.26. The lowest BCUT2D eigenvalue weighted by Crippen LogP contribution is -2.30. The van der Waals surface area contributed by atoms with E-state index in [0.717, 1.165) is 23.7 Å². The first-order chi connectivity index (χ1) is 8.15. The van der Waals surface area contributed by atoms with Crippen LogP contribution in [0.2, 0.25) is 0 Å². The van der Waals surface area contributed by atoms with Gasteiger partial charge in [0, 0.05) is 12.2 Å². The van der Waals surface area contributed by atoms with Crippen molar-refractivity contribution in [1.82, 2.24) is 5.32 Å². The van der Waals surface area contributed by atoms with Gasteiger partial charge < -0.3 is 11.1 Å². The quantitative estimate of drug-likeness (QED) is 0.763. The molecule has 17 heavy (non-hydrogen) atoms. The summed E-state index contributed by atoms with van der Waals surface area (Å²) in [6.45, 7) is 3.01. The summed E-state index contributed by atoms with van der Waals surface area (Å²) in [6.07, 6.45) is 3.10. The molecule has 0 spiro atoms. The molecule has 0 bridgehead atoms. The fourth-order valence-electron chi connectivity index (χ4n) is 1.99. The number of amides is 1. The second-order valence-electron chi connectivity index (χ2n) is 5.04. The number of hydrogen-bond acceptors (Lipinski definition) is 2. The summed E-state index contributed by atoms with van der Waals surface area (Å²) >= 11 is 0. The fourth-order valence-corrected chi connectivity index (χ4v) is 1.99. The molecule has 0 aromatic heterocycles. The molecule has 3 heteroatoms. The number of rotatable bonds is 5. The van der Waals surface area contributed by atoms with Gasteiger partial charge in [0.1, 0.15) is 0 Å². The van der Waals surface area contributed by atoms with Crippen LogP contribution in [-0.4, -0.2) is 12.5 Å². The molecule has 1 aromatic carbocycles. The first-order valence-corrected chi connectivity index (χ1v) is 6.26. The van der Waals surface area contributed by atoms with E-state index < -0.39 is 0 Å². The van der Waals surface area contributed by atoms with Crippen molar-refractivity contribution >= 4 is 11.6 Å². The number of nitrogen functional groups attached to an aromatic ring is 1. The van der Waals surface area contributed by atoms with E-state index in [2.05, 4.69) is 12.2 Å².